The molecule has 20 heavy (non-hydrogen) atoms. The van der Waals surface area contributed by atoms with E-state index in [-0.39, 0.29) is 0 Å². The highest BCUT2D eigenvalue weighted by atomic mass is 32.1. The van der Waals surface area contributed by atoms with Gasteiger partial charge in [0.1, 0.15) is 0 Å². The Hall–Kier alpha value is -1.39. The van der Waals surface area contributed by atoms with E-state index in [2.05, 4.69) is 47.5 Å². The Bertz CT molecular complexity index is 564. The predicted molar refractivity (Wildman–Crippen MR) is 85.6 cm³/mol. The Balaban J connectivity index is 1.72. The second-order valence-corrected chi connectivity index (χ2v) is 6.44. The van der Waals surface area contributed by atoms with Gasteiger partial charge in [-0.3, -0.25) is 0 Å². The summed E-state index contributed by atoms with van der Waals surface area (Å²) in [5, 5.41) is 4.40. The maximum atomic E-state index is 4.74. The van der Waals surface area contributed by atoms with Gasteiger partial charge in [0.2, 0.25) is 0 Å². The SMILES string of the molecule is CNCc1sc(N2CCC(c3ccccc3)C2)nc1C. The fourth-order valence-electron chi connectivity index (χ4n) is 2.80. The van der Waals surface area contributed by atoms with Crippen molar-refractivity contribution in [2.75, 3.05) is 25.0 Å². The summed E-state index contributed by atoms with van der Waals surface area (Å²) >= 11 is 1.83. The third-order valence-electron chi connectivity index (χ3n) is 3.95. The van der Waals surface area contributed by atoms with E-state index in [9.17, 15) is 0 Å². The largest absolute Gasteiger partial charge is 0.347 e. The monoisotopic (exact) mass is 287 g/mol. The van der Waals surface area contributed by atoms with Crippen LogP contribution in [0.1, 0.15) is 28.5 Å². The molecule has 0 bridgehead atoms. The highest BCUT2D eigenvalue weighted by Crippen LogP contribution is 2.33. The molecule has 2 aromatic rings. The fraction of sp³-hybridized carbons (Fsp3) is 0.438. The minimum atomic E-state index is 0.646. The van der Waals surface area contributed by atoms with Crippen LogP contribution < -0.4 is 10.2 Å². The van der Waals surface area contributed by atoms with Crippen molar-refractivity contribution < 1.29 is 0 Å². The van der Waals surface area contributed by atoms with E-state index in [1.54, 1.807) is 0 Å². The molecule has 0 amide bonds. The first kappa shape index (κ1) is 13.6. The number of anilines is 1. The molecule has 106 valence electrons. The number of hydrogen-bond acceptors (Lipinski definition) is 4. The molecule has 1 atom stereocenters. The number of nitrogens with zero attached hydrogens (tertiary/aromatic N) is 2. The van der Waals surface area contributed by atoms with E-state index in [1.165, 1.54) is 27.7 Å². The van der Waals surface area contributed by atoms with Crippen LogP contribution in [0.25, 0.3) is 0 Å². The molecule has 1 saturated heterocycles. The molecule has 4 heteroatoms. The summed E-state index contributed by atoms with van der Waals surface area (Å²) in [6, 6.07) is 10.8. The van der Waals surface area contributed by atoms with Crippen molar-refractivity contribution in [2.24, 2.45) is 0 Å². The van der Waals surface area contributed by atoms with E-state index in [1.807, 2.05) is 18.4 Å². The smallest absolute Gasteiger partial charge is 0.185 e. The first-order chi connectivity index (χ1) is 9.78. The van der Waals surface area contributed by atoms with Crippen molar-refractivity contribution in [3.63, 3.8) is 0 Å². The Morgan fingerprint density at radius 1 is 1.35 bits per heavy atom. The molecular formula is C16H21N3S. The van der Waals surface area contributed by atoms with Crippen molar-refractivity contribution in [3.8, 4) is 0 Å². The van der Waals surface area contributed by atoms with Gasteiger partial charge < -0.3 is 10.2 Å². The highest BCUT2D eigenvalue weighted by Gasteiger charge is 2.26. The Morgan fingerprint density at radius 3 is 2.90 bits per heavy atom. The number of aryl methyl sites for hydroxylation is 1. The maximum Gasteiger partial charge on any atom is 0.185 e. The first-order valence-electron chi connectivity index (χ1n) is 7.18. The summed E-state index contributed by atoms with van der Waals surface area (Å²) in [7, 11) is 1.99. The standard InChI is InChI=1S/C16H21N3S/c1-12-15(10-17-2)20-16(18-12)19-9-8-14(11-19)13-6-4-3-5-7-13/h3-7,14,17H,8-11H2,1-2H3. The van der Waals surface area contributed by atoms with Gasteiger partial charge in [-0.25, -0.2) is 4.98 Å². The molecule has 0 radical (unpaired) electrons. The third kappa shape index (κ3) is 2.72. The second-order valence-electron chi connectivity index (χ2n) is 5.38. The summed E-state index contributed by atoms with van der Waals surface area (Å²) in [6.07, 6.45) is 1.23. The van der Waals surface area contributed by atoms with E-state index in [0.29, 0.717) is 5.92 Å². The molecule has 3 nitrogen and oxygen atoms in total. The van der Waals surface area contributed by atoms with Crippen molar-refractivity contribution in [2.45, 2.75) is 25.8 Å². The molecule has 1 fully saturated rings. The van der Waals surface area contributed by atoms with Crippen LogP contribution in [0.2, 0.25) is 0 Å². The van der Waals surface area contributed by atoms with E-state index in [0.717, 1.165) is 19.6 Å². The third-order valence-corrected chi connectivity index (χ3v) is 5.17. The van der Waals surface area contributed by atoms with Crippen LogP contribution in [0.4, 0.5) is 5.13 Å². The van der Waals surface area contributed by atoms with Gasteiger partial charge in [-0.15, -0.1) is 11.3 Å². The Morgan fingerprint density at radius 2 is 2.15 bits per heavy atom. The molecule has 1 aromatic carbocycles. The average molecular weight is 287 g/mol. The lowest BCUT2D eigenvalue weighted by molar-refractivity contribution is 0.775. The first-order valence-corrected chi connectivity index (χ1v) is 8.00. The number of hydrogen-bond donors (Lipinski definition) is 1. The number of benzene rings is 1. The van der Waals surface area contributed by atoms with Crippen LogP contribution in [0.15, 0.2) is 30.3 Å². The molecule has 0 saturated carbocycles. The van der Waals surface area contributed by atoms with Crippen molar-refractivity contribution in [1.82, 2.24) is 10.3 Å². The Labute approximate surface area is 124 Å². The molecule has 0 aliphatic carbocycles. The molecule has 1 N–H and O–H groups in total. The molecule has 0 spiro atoms. The van der Waals surface area contributed by atoms with Gasteiger partial charge >= 0.3 is 0 Å². The molecule has 3 rings (SSSR count). The normalized spacial score (nSPS) is 18.7. The molecule has 1 aromatic heterocycles. The molecule has 1 aliphatic heterocycles. The summed E-state index contributed by atoms with van der Waals surface area (Å²) < 4.78 is 0. The Kier molecular flexibility index (Phi) is 4.03. The highest BCUT2D eigenvalue weighted by molar-refractivity contribution is 7.15. The number of thiazole rings is 1. The number of nitrogens with one attached hydrogen (secondary N) is 1. The lowest BCUT2D eigenvalue weighted by Crippen LogP contribution is -2.18. The van der Waals surface area contributed by atoms with Gasteiger partial charge in [0.05, 0.1) is 5.69 Å². The van der Waals surface area contributed by atoms with Gasteiger partial charge in [0.15, 0.2) is 5.13 Å². The molecular weight excluding hydrogens is 266 g/mol. The van der Waals surface area contributed by atoms with Crippen molar-refractivity contribution in [1.29, 1.82) is 0 Å². The summed E-state index contributed by atoms with van der Waals surface area (Å²) in [5.41, 5.74) is 2.63. The second kappa shape index (κ2) is 5.94. The van der Waals surface area contributed by atoms with E-state index >= 15 is 0 Å². The molecule has 1 aliphatic rings. The van der Waals surface area contributed by atoms with Crippen LogP contribution in [-0.2, 0) is 6.54 Å². The predicted octanol–water partition coefficient (Wildman–Crippen LogP) is 3.16. The van der Waals surface area contributed by atoms with Gasteiger partial charge in [-0.1, -0.05) is 30.3 Å². The van der Waals surface area contributed by atoms with Gasteiger partial charge in [-0.05, 0) is 26.0 Å². The number of aromatic nitrogens is 1. The quantitative estimate of drug-likeness (QED) is 0.936. The van der Waals surface area contributed by atoms with Crippen LogP contribution in [0, 0.1) is 6.92 Å². The zero-order chi connectivity index (χ0) is 13.9. The average Bonchev–Trinajstić information content (AvgIpc) is 3.08. The summed E-state index contributed by atoms with van der Waals surface area (Å²) in [5.74, 6) is 0.646. The van der Waals surface area contributed by atoms with Crippen LogP contribution in [0.5, 0.6) is 0 Å². The topological polar surface area (TPSA) is 28.2 Å². The van der Waals surface area contributed by atoms with Crippen LogP contribution in [0.3, 0.4) is 0 Å². The maximum absolute atomic E-state index is 4.74. The van der Waals surface area contributed by atoms with Crippen molar-refractivity contribution in [3.05, 3.63) is 46.5 Å². The van der Waals surface area contributed by atoms with E-state index in [4.69, 9.17) is 4.98 Å². The minimum absolute atomic E-state index is 0.646. The number of rotatable bonds is 4. The lowest BCUT2D eigenvalue weighted by Gasteiger charge is -2.15. The van der Waals surface area contributed by atoms with Gasteiger partial charge in [0, 0.05) is 30.4 Å². The molecule has 1 unspecified atom stereocenters. The van der Waals surface area contributed by atoms with E-state index < -0.39 is 0 Å². The van der Waals surface area contributed by atoms with Crippen molar-refractivity contribution >= 4 is 16.5 Å². The van der Waals surface area contributed by atoms with Crippen LogP contribution in [-0.4, -0.2) is 25.1 Å². The van der Waals surface area contributed by atoms with Crippen LogP contribution >= 0.6 is 11.3 Å². The molecule has 2 heterocycles. The minimum Gasteiger partial charge on any atom is -0.347 e. The fourth-order valence-corrected chi connectivity index (χ4v) is 3.91. The van der Waals surface area contributed by atoms with Gasteiger partial charge in [0.25, 0.3) is 0 Å². The summed E-state index contributed by atoms with van der Waals surface area (Å²) in [4.78, 5) is 8.54. The summed E-state index contributed by atoms with van der Waals surface area (Å²) in [6.45, 7) is 5.23. The zero-order valence-electron chi connectivity index (χ0n) is 12.1. The lowest BCUT2D eigenvalue weighted by atomic mass is 9.99. The zero-order valence-corrected chi connectivity index (χ0v) is 12.9. The van der Waals surface area contributed by atoms with Gasteiger partial charge in [-0.2, -0.15) is 0 Å².